The molecule has 1 aromatic carbocycles. The van der Waals surface area contributed by atoms with Crippen molar-refractivity contribution < 1.29 is 0 Å². The predicted molar refractivity (Wildman–Crippen MR) is 64.9 cm³/mol. The van der Waals surface area contributed by atoms with Gasteiger partial charge in [0, 0.05) is 6.04 Å². The molecule has 0 amide bonds. The number of rotatable bonds is 4. The normalized spacial score (nSPS) is 11.3. The maximum Gasteiger partial charge on any atom is 0.0995 e. The lowest BCUT2D eigenvalue weighted by molar-refractivity contribution is 0.602. The van der Waals surface area contributed by atoms with Gasteiger partial charge in [-0.1, -0.05) is 38.0 Å². The Morgan fingerprint density at radius 1 is 1.40 bits per heavy atom. The van der Waals surface area contributed by atoms with Crippen LogP contribution in [0.15, 0.2) is 24.3 Å². The maximum atomic E-state index is 8.89. The molecular formula is C12H17ClN2. The molecule has 0 spiro atoms. The second-order valence-corrected chi connectivity index (χ2v) is 3.45. The SMILES string of the molecule is CCCC[C@@H](N)c1ccccc1C#N.Cl. The van der Waals surface area contributed by atoms with Gasteiger partial charge in [-0.3, -0.25) is 0 Å². The minimum atomic E-state index is 0. The number of halogens is 1. The fraction of sp³-hybridized carbons (Fsp3) is 0.417. The van der Waals surface area contributed by atoms with Crippen LogP contribution in [0.1, 0.15) is 43.4 Å². The van der Waals surface area contributed by atoms with E-state index in [2.05, 4.69) is 13.0 Å². The molecule has 1 rings (SSSR count). The lowest BCUT2D eigenvalue weighted by Crippen LogP contribution is -2.11. The van der Waals surface area contributed by atoms with Gasteiger partial charge in [-0.05, 0) is 18.1 Å². The van der Waals surface area contributed by atoms with Crippen molar-refractivity contribution in [1.29, 1.82) is 5.26 Å². The van der Waals surface area contributed by atoms with Crippen LogP contribution < -0.4 is 5.73 Å². The van der Waals surface area contributed by atoms with E-state index in [-0.39, 0.29) is 18.4 Å². The number of nitriles is 1. The minimum Gasteiger partial charge on any atom is -0.324 e. The zero-order valence-corrected chi connectivity index (χ0v) is 9.76. The molecule has 0 radical (unpaired) electrons. The molecule has 82 valence electrons. The summed E-state index contributed by atoms with van der Waals surface area (Å²) in [6, 6.07) is 9.74. The first-order valence-electron chi connectivity index (χ1n) is 5.04. The molecule has 3 heteroatoms. The number of hydrogen-bond acceptors (Lipinski definition) is 2. The summed E-state index contributed by atoms with van der Waals surface area (Å²) < 4.78 is 0. The molecule has 2 N–H and O–H groups in total. The zero-order valence-electron chi connectivity index (χ0n) is 8.94. The van der Waals surface area contributed by atoms with Gasteiger partial charge >= 0.3 is 0 Å². The molecule has 0 saturated heterocycles. The fourth-order valence-corrected chi connectivity index (χ4v) is 1.50. The van der Waals surface area contributed by atoms with Gasteiger partial charge in [-0.25, -0.2) is 0 Å². The lowest BCUT2D eigenvalue weighted by Gasteiger charge is -2.12. The van der Waals surface area contributed by atoms with Crippen LogP contribution in [-0.2, 0) is 0 Å². The van der Waals surface area contributed by atoms with E-state index in [1.807, 2.05) is 24.3 Å². The fourth-order valence-electron chi connectivity index (χ4n) is 1.50. The van der Waals surface area contributed by atoms with Crippen LogP contribution in [0.5, 0.6) is 0 Å². The van der Waals surface area contributed by atoms with Gasteiger partial charge in [0.15, 0.2) is 0 Å². The Morgan fingerprint density at radius 2 is 2.07 bits per heavy atom. The van der Waals surface area contributed by atoms with E-state index in [0.717, 1.165) is 24.8 Å². The molecule has 0 fully saturated rings. The summed E-state index contributed by atoms with van der Waals surface area (Å²) in [4.78, 5) is 0. The summed E-state index contributed by atoms with van der Waals surface area (Å²) >= 11 is 0. The molecule has 0 aliphatic heterocycles. The van der Waals surface area contributed by atoms with Crippen LogP contribution in [0.3, 0.4) is 0 Å². The highest BCUT2D eigenvalue weighted by atomic mass is 35.5. The topological polar surface area (TPSA) is 49.8 Å². The first-order valence-corrected chi connectivity index (χ1v) is 5.04. The highest BCUT2D eigenvalue weighted by Crippen LogP contribution is 2.19. The largest absolute Gasteiger partial charge is 0.324 e. The Hall–Kier alpha value is -1.04. The summed E-state index contributed by atoms with van der Waals surface area (Å²) in [5.41, 5.74) is 7.69. The molecule has 15 heavy (non-hydrogen) atoms. The van der Waals surface area contributed by atoms with Crippen molar-refractivity contribution in [2.24, 2.45) is 5.73 Å². The summed E-state index contributed by atoms with van der Waals surface area (Å²) in [5.74, 6) is 0. The predicted octanol–water partition coefficient (Wildman–Crippen LogP) is 3.17. The van der Waals surface area contributed by atoms with Crippen molar-refractivity contribution in [2.75, 3.05) is 0 Å². The quantitative estimate of drug-likeness (QED) is 0.854. The third-order valence-electron chi connectivity index (χ3n) is 2.35. The van der Waals surface area contributed by atoms with Gasteiger partial charge in [-0.2, -0.15) is 5.26 Å². The minimum absolute atomic E-state index is 0. The number of unbranched alkanes of at least 4 members (excludes halogenated alkanes) is 1. The van der Waals surface area contributed by atoms with Gasteiger partial charge in [0.2, 0.25) is 0 Å². The first kappa shape index (κ1) is 14.0. The third kappa shape index (κ3) is 3.91. The van der Waals surface area contributed by atoms with E-state index in [1.54, 1.807) is 0 Å². The Morgan fingerprint density at radius 3 is 2.67 bits per heavy atom. The van der Waals surface area contributed by atoms with Gasteiger partial charge in [0.1, 0.15) is 0 Å². The van der Waals surface area contributed by atoms with E-state index in [9.17, 15) is 0 Å². The third-order valence-corrected chi connectivity index (χ3v) is 2.35. The molecule has 0 aliphatic carbocycles. The van der Waals surface area contributed by atoms with E-state index >= 15 is 0 Å². The van der Waals surface area contributed by atoms with Crippen LogP contribution in [-0.4, -0.2) is 0 Å². The number of hydrogen-bond donors (Lipinski definition) is 1. The molecule has 0 heterocycles. The van der Waals surface area contributed by atoms with Crippen LogP contribution >= 0.6 is 12.4 Å². The molecule has 1 aromatic rings. The highest BCUT2D eigenvalue weighted by Gasteiger charge is 2.09. The van der Waals surface area contributed by atoms with Gasteiger partial charge in [-0.15, -0.1) is 12.4 Å². The maximum absolute atomic E-state index is 8.89. The number of nitrogens with two attached hydrogens (primary N) is 1. The molecule has 1 atom stereocenters. The van der Waals surface area contributed by atoms with Crippen molar-refractivity contribution in [2.45, 2.75) is 32.2 Å². The lowest BCUT2D eigenvalue weighted by atomic mass is 9.98. The smallest absolute Gasteiger partial charge is 0.0995 e. The van der Waals surface area contributed by atoms with Crippen molar-refractivity contribution >= 4 is 12.4 Å². The molecule has 0 aromatic heterocycles. The van der Waals surface area contributed by atoms with E-state index in [1.165, 1.54) is 0 Å². The summed E-state index contributed by atoms with van der Waals surface area (Å²) in [7, 11) is 0. The first-order chi connectivity index (χ1) is 6.79. The zero-order chi connectivity index (χ0) is 10.4. The van der Waals surface area contributed by atoms with Crippen molar-refractivity contribution in [1.82, 2.24) is 0 Å². The van der Waals surface area contributed by atoms with E-state index in [4.69, 9.17) is 11.0 Å². The van der Waals surface area contributed by atoms with Crippen molar-refractivity contribution in [3.63, 3.8) is 0 Å². The Kier molecular flexibility index (Phi) is 6.77. The standard InChI is InChI=1S/C12H16N2.ClH/c1-2-3-8-12(14)11-7-5-4-6-10(11)9-13;/h4-7,12H,2-3,8,14H2,1H3;1H/t12-;/m1./s1. The molecule has 2 nitrogen and oxygen atoms in total. The van der Waals surface area contributed by atoms with Crippen molar-refractivity contribution in [3.05, 3.63) is 35.4 Å². The Balaban J connectivity index is 0.00000196. The van der Waals surface area contributed by atoms with Gasteiger partial charge in [0.05, 0.1) is 11.6 Å². The van der Waals surface area contributed by atoms with Crippen LogP contribution in [0.2, 0.25) is 0 Å². The molecular weight excluding hydrogens is 208 g/mol. The van der Waals surface area contributed by atoms with Crippen molar-refractivity contribution in [3.8, 4) is 6.07 Å². The van der Waals surface area contributed by atoms with Crippen LogP contribution in [0, 0.1) is 11.3 Å². The Labute approximate surface area is 97.5 Å². The molecule has 0 saturated carbocycles. The van der Waals surface area contributed by atoms with E-state index in [0.29, 0.717) is 5.56 Å². The van der Waals surface area contributed by atoms with E-state index < -0.39 is 0 Å². The number of nitrogens with zero attached hydrogens (tertiary/aromatic N) is 1. The molecule has 0 aliphatic rings. The molecule has 0 unspecified atom stereocenters. The van der Waals surface area contributed by atoms with Gasteiger partial charge in [0.25, 0.3) is 0 Å². The average molecular weight is 225 g/mol. The molecule has 0 bridgehead atoms. The average Bonchev–Trinajstić information content (AvgIpc) is 2.25. The van der Waals surface area contributed by atoms with Gasteiger partial charge < -0.3 is 5.73 Å². The Bertz CT molecular complexity index is 331. The summed E-state index contributed by atoms with van der Waals surface area (Å²) in [5, 5.41) is 8.89. The highest BCUT2D eigenvalue weighted by molar-refractivity contribution is 5.85. The monoisotopic (exact) mass is 224 g/mol. The second-order valence-electron chi connectivity index (χ2n) is 3.45. The van der Waals surface area contributed by atoms with Crippen LogP contribution in [0.25, 0.3) is 0 Å². The number of benzene rings is 1. The summed E-state index contributed by atoms with van der Waals surface area (Å²) in [6.45, 7) is 2.14. The summed E-state index contributed by atoms with van der Waals surface area (Å²) in [6.07, 6.45) is 3.21. The second kappa shape index (κ2) is 7.28. The van der Waals surface area contributed by atoms with Crippen LogP contribution in [0.4, 0.5) is 0 Å².